The largest absolute Gasteiger partial charge is 0.434 e. The van der Waals surface area contributed by atoms with E-state index in [0.717, 1.165) is 36.0 Å². The van der Waals surface area contributed by atoms with E-state index in [1.54, 1.807) is 7.05 Å². The van der Waals surface area contributed by atoms with E-state index in [-0.39, 0.29) is 18.7 Å². The second-order valence-electron chi connectivity index (χ2n) is 5.41. The Morgan fingerprint density at radius 3 is 2.86 bits per heavy atom. The lowest BCUT2D eigenvalue weighted by molar-refractivity contribution is -0.140. The average molecular weight is 334 g/mol. The first-order valence-corrected chi connectivity index (χ1v) is 7.98. The monoisotopic (exact) mass is 334 g/mol. The summed E-state index contributed by atoms with van der Waals surface area (Å²) >= 11 is 0.983. The minimum absolute atomic E-state index is 0.209. The molecular weight excluding hydrogens is 317 g/mol. The van der Waals surface area contributed by atoms with Crippen LogP contribution in [-0.4, -0.2) is 36.2 Å². The highest BCUT2D eigenvalue weighted by atomic mass is 32.1. The van der Waals surface area contributed by atoms with Crippen LogP contribution in [0.15, 0.2) is 10.4 Å². The number of hydrogen-bond donors (Lipinski definition) is 2. The smallest absolute Gasteiger partial charge is 0.373 e. The van der Waals surface area contributed by atoms with Crippen molar-refractivity contribution in [2.75, 3.05) is 7.05 Å². The number of rotatable bonds is 3. The molecule has 0 radical (unpaired) electrons. The fraction of sp³-hybridized carbons (Fsp3) is 0.692. The van der Waals surface area contributed by atoms with Crippen molar-refractivity contribution in [3.8, 4) is 0 Å². The number of fused-ring (bicyclic) bond motifs is 2. The third-order valence-corrected chi connectivity index (χ3v) is 4.75. The highest BCUT2D eigenvalue weighted by Gasteiger charge is 2.41. The first-order chi connectivity index (χ1) is 10.5. The maximum absolute atomic E-state index is 12.5. The number of aromatic nitrogens is 1. The van der Waals surface area contributed by atoms with E-state index in [1.807, 2.05) is 0 Å². The van der Waals surface area contributed by atoms with E-state index in [9.17, 15) is 13.2 Å². The van der Waals surface area contributed by atoms with Gasteiger partial charge in [-0.1, -0.05) is 0 Å². The number of ether oxygens (including phenoxy) is 1. The first-order valence-electron chi connectivity index (χ1n) is 7.10. The summed E-state index contributed by atoms with van der Waals surface area (Å²) in [5, 5.41) is 7.67. The van der Waals surface area contributed by atoms with Gasteiger partial charge in [0, 0.05) is 12.4 Å². The zero-order chi connectivity index (χ0) is 15.7. The molecule has 0 aromatic carbocycles. The minimum atomic E-state index is -4.39. The van der Waals surface area contributed by atoms with E-state index >= 15 is 0 Å². The maximum Gasteiger partial charge on any atom is 0.434 e. The molecule has 3 heterocycles. The second kappa shape index (κ2) is 6.04. The van der Waals surface area contributed by atoms with Crippen LogP contribution >= 0.6 is 11.3 Å². The molecule has 2 fully saturated rings. The fourth-order valence-corrected chi connectivity index (χ4v) is 3.58. The lowest BCUT2D eigenvalue weighted by atomic mass is 9.96. The molecule has 0 amide bonds. The zero-order valence-corrected chi connectivity index (χ0v) is 12.8. The van der Waals surface area contributed by atoms with Gasteiger partial charge in [0.25, 0.3) is 0 Å². The van der Waals surface area contributed by atoms with Gasteiger partial charge in [-0.25, -0.2) is 4.98 Å². The van der Waals surface area contributed by atoms with E-state index in [2.05, 4.69) is 20.6 Å². The Hall–Kier alpha value is -1.35. The molecule has 122 valence electrons. The summed E-state index contributed by atoms with van der Waals surface area (Å²) in [6.45, 7) is 0.210. The lowest BCUT2D eigenvalue weighted by Gasteiger charge is -2.22. The molecule has 1 aromatic rings. The Morgan fingerprint density at radius 1 is 1.50 bits per heavy atom. The van der Waals surface area contributed by atoms with Crippen molar-refractivity contribution >= 4 is 17.3 Å². The quantitative estimate of drug-likeness (QED) is 0.657. The predicted octanol–water partition coefficient (Wildman–Crippen LogP) is 2.15. The van der Waals surface area contributed by atoms with Crippen molar-refractivity contribution in [1.29, 1.82) is 0 Å². The van der Waals surface area contributed by atoms with Crippen LogP contribution in [0.2, 0.25) is 0 Å². The van der Waals surface area contributed by atoms with Gasteiger partial charge < -0.3 is 15.4 Å². The Morgan fingerprint density at radius 2 is 2.32 bits per heavy atom. The van der Waals surface area contributed by atoms with Gasteiger partial charge >= 0.3 is 6.18 Å². The SMILES string of the molecule is CN=C(NCc1nc(C(F)(F)F)cs1)NC1CC2CCC1O2. The molecule has 2 aliphatic heterocycles. The van der Waals surface area contributed by atoms with Crippen LogP contribution in [0.4, 0.5) is 13.2 Å². The van der Waals surface area contributed by atoms with Crippen LogP contribution in [0.1, 0.15) is 30.0 Å². The van der Waals surface area contributed by atoms with Crippen LogP contribution in [0.25, 0.3) is 0 Å². The third kappa shape index (κ3) is 3.35. The molecule has 3 rings (SSSR count). The van der Waals surface area contributed by atoms with E-state index in [1.165, 1.54) is 0 Å². The summed E-state index contributed by atoms with van der Waals surface area (Å²) in [7, 11) is 1.63. The maximum atomic E-state index is 12.5. The fourth-order valence-electron chi connectivity index (χ4n) is 2.84. The van der Waals surface area contributed by atoms with Gasteiger partial charge in [-0.2, -0.15) is 13.2 Å². The number of alkyl halides is 3. The van der Waals surface area contributed by atoms with Gasteiger partial charge in [-0.15, -0.1) is 11.3 Å². The third-order valence-electron chi connectivity index (χ3n) is 3.90. The lowest BCUT2D eigenvalue weighted by Crippen LogP contribution is -2.47. The minimum Gasteiger partial charge on any atom is -0.373 e. The number of thiazole rings is 1. The van der Waals surface area contributed by atoms with Crippen LogP contribution in [-0.2, 0) is 17.5 Å². The Balaban J connectivity index is 1.52. The molecule has 22 heavy (non-hydrogen) atoms. The van der Waals surface area contributed by atoms with Crippen LogP contribution in [0, 0.1) is 0 Å². The van der Waals surface area contributed by atoms with E-state index < -0.39 is 11.9 Å². The van der Waals surface area contributed by atoms with Gasteiger partial charge in [0.1, 0.15) is 5.01 Å². The number of halogens is 3. The Bertz CT molecular complexity index is 560. The van der Waals surface area contributed by atoms with Crippen molar-refractivity contribution in [3.63, 3.8) is 0 Å². The molecule has 9 heteroatoms. The highest BCUT2D eigenvalue weighted by molar-refractivity contribution is 7.09. The molecule has 1 aromatic heterocycles. The molecule has 2 bridgehead atoms. The molecule has 2 saturated heterocycles. The topological polar surface area (TPSA) is 58.5 Å². The number of guanidine groups is 1. The summed E-state index contributed by atoms with van der Waals surface area (Å²) in [5.74, 6) is 0.560. The van der Waals surface area contributed by atoms with Crippen LogP contribution < -0.4 is 10.6 Å². The molecular formula is C13H17F3N4OS. The normalized spacial score (nSPS) is 28.2. The summed E-state index contributed by atoms with van der Waals surface area (Å²) in [6.07, 6.45) is -0.764. The van der Waals surface area contributed by atoms with Crippen molar-refractivity contribution in [2.24, 2.45) is 4.99 Å². The second-order valence-corrected chi connectivity index (χ2v) is 6.35. The van der Waals surface area contributed by atoms with Gasteiger partial charge in [-0.05, 0) is 19.3 Å². The molecule has 5 nitrogen and oxygen atoms in total. The molecule has 0 saturated carbocycles. The number of hydrogen-bond acceptors (Lipinski definition) is 4. The summed E-state index contributed by atoms with van der Waals surface area (Å²) in [5.41, 5.74) is -0.848. The molecule has 0 aliphatic carbocycles. The number of nitrogens with zero attached hydrogens (tertiary/aromatic N) is 2. The van der Waals surface area contributed by atoms with Gasteiger partial charge in [-0.3, -0.25) is 4.99 Å². The van der Waals surface area contributed by atoms with Crippen LogP contribution in [0.5, 0.6) is 0 Å². The zero-order valence-electron chi connectivity index (χ0n) is 12.0. The molecule has 0 spiro atoms. The van der Waals surface area contributed by atoms with Gasteiger partial charge in [0.2, 0.25) is 0 Å². The van der Waals surface area contributed by atoms with Crippen molar-refractivity contribution < 1.29 is 17.9 Å². The summed E-state index contributed by atoms with van der Waals surface area (Å²) in [6, 6.07) is 0.215. The molecule has 3 atom stereocenters. The number of aliphatic imine (C=N–C) groups is 1. The predicted molar refractivity (Wildman–Crippen MR) is 76.8 cm³/mol. The average Bonchev–Trinajstić information content (AvgIpc) is 3.18. The summed E-state index contributed by atoms with van der Waals surface area (Å²) in [4.78, 5) is 7.68. The molecule has 2 N–H and O–H groups in total. The highest BCUT2D eigenvalue weighted by Crippen LogP contribution is 2.34. The Kier molecular flexibility index (Phi) is 4.26. The molecule has 2 aliphatic rings. The first kappa shape index (κ1) is 15.5. The van der Waals surface area contributed by atoms with Gasteiger partial charge in [0.05, 0.1) is 24.8 Å². The standard InChI is InChI=1S/C13H17F3N4OS/c1-17-12(19-8-4-7-2-3-9(8)21-7)18-5-11-20-10(6-22-11)13(14,15)16/h6-9H,2-5H2,1H3,(H2,17,18,19). The summed E-state index contributed by atoms with van der Waals surface area (Å²) < 4.78 is 43.2. The molecule has 3 unspecified atom stereocenters. The Labute approximate surface area is 130 Å². The van der Waals surface area contributed by atoms with Crippen molar-refractivity contribution in [3.05, 3.63) is 16.1 Å². The van der Waals surface area contributed by atoms with E-state index in [0.29, 0.717) is 17.1 Å². The van der Waals surface area contributed by atoms with Crippen molar-refractivity contribution in [1.82, 2.24) is 15.6 Å². The number of nitrogens with one attached hydrogen (secondary N) is 2. The van der Waals surface area contributed by atoms with Crippen molar-refractivity contribution in [2.45, 2.75) is 50.2 Å². The van der Waals surface area contributed by atoms with Crippen LogP contribution in [0.3, 0.4) is 0 Å². The van der Waals surface area contributed by atoms with Gasteiger partial charge in [0.15, 0.2) is 11.7 Å². The van der Waals surface area contributed by atoms with E-state index in [4.69, 9.17) is 4.74 Å².